The van der Waals surface area contributed by atoms with Gasteiger partial charge in [0.1, 0.15) is 28.3 Å². The van der Waals surface area contributed by atoms with Crippen LogP contribution in [0.25, 0.3) is 0 Å². The Morgan fingerprint density at radius 3 is 2.63 bits per heavy atom. The highest BCUT2D eigenvalue weighted by Crippen LogP contribution is 2.33. The van der Waals surface area contributed by atoms with E-state index in [-0.39, 0.29) is 28.7 Å². The Kier molecular flexibility index (Phi) is 6.00. The molecule has 1 fully saturated rings. The quantitative estimate of drug-likeness (QED) is 0.578. The van der Waals surface area contributed by atoms with Crippen LogP contribution in [0.2, 0.25) is 0 Å². The molecule has 1 unspecified atom stereocenters. The average molecular weight is 412 g/mol. The van der Waals surface area contributed by atoms with Crippen molar-refractivity contribution in [2.75, 3.05) is 18.1 Å². The summed E-state index contributed by atoms with van der Waals surface area (Å²) in [5, 5.41) is 8.93. The molecule has 1 amide bonds. The van der Waals surface area contributed by atoms with Crippen LogP contribution in [0.4, 0.5) is 4.39 Å². The molecule has 1 aliphatic heterocycles. The molecule has 1 aliphatic rings. The number of hydrogen-bond acceptors (Lipinski definition) is 6. The lowest BCUT2D eigenvalue weighted by atomic mass is 10.3. The molecular weight excluding hydrogens is 395 g/mol. The van der Waals surface area contributed by atoms with Crippen molar-refractivity contribution in [1.82, 2.24) is 9.79 Å². The molecule has 27 heavy (non-hydrogen) atoms. The first-order valence-corrected chi connectivity index (χ1v) is 10.6. The van der Waals surface area contributed by atoms with E-state index >= 15 is 0 Å². The van der Waals surface area contributed by atoms with Crippen molar-refractivity contribution >= 4 is 27.7 Å². The van der Waals surface area contributed by atoms with Gasteiger partial charge in [-0.1, -0.05) is 12.1 Å². The second-order valence-electron chi connectivity index (χ2n) is 5.69. The number of carbonyl (C=O) groups is 1. The molecule has 144 valence electrons. The molecule has 0 bridgehead atoms. The molecule has 7 nitrogen and oxygen atoms in total. The van der Waals surface area contributed by atoms with Crippen molar-refractivity contribution in [3.63, 3.8) is 0 Å². The van der Waals surface area contributed by atoms with E-state index in [0.29, 0.717) is 5.75 Å². The SMILES string of the molecule is O=C(NO)C1CSCCN1S(=O)(=O)c1ccccc1Oc1ccc(F)cc1. The molecule has 0 aromatic heterocycles. The second-order valence-corrected chi connectivity index (χ2v) is 8.69. The van der Waals surface area contributed by atoms with E-state index in [2.05, 4.69) is 0 Å². The predicted molar refractivity (Wildman–Crippen MR) is 97.9 cm³/mol. The highest BCUT2D eigenvalue weighted by molar-refractivity contribution is 7.99. The van der Waals surface area contributed by atoms with E-state index in [0.717, 1.165) is 4.31 Å². The third-order valence-corrected chi connectivity index (χ3v) is 6.94. The van der Waals surface area contributed by atoms with Crippen LogP contribution in [-0.4, -0.2) is 47.9 Å². The molecule has 1 heterocycles. The molecule has 1 saturated heterocycles. The molecule has 0 saturated carbocycles. The maximum atomic E-state index is 13.2. The van der Waals surface area contributed by atoms with E-state index in [4.69, 9.17) is 9.94 Å². The predicted octanol–water partition coefficient (Wildman–Crippen LogP) is 2.23. The first-order valence-electron chi connectivity index (χ1n) is 7.99. The van der Waals surface area contributed by atoms with Crippen molar-refractivity contribution in [2.24, 2.45) is 0 Å². The lowest BCUT2D eigenvalue weighted by Crippen LogP contribution is -2.53. The number of thioether (sulfide) groups is 1. The van der Waals surface area contributed by atoms with Gasteiger partial charge >= 0.3 is 0 Å². The fourth-order valence-corrected chi connectivity index (χ4v) is 5.62. The number of sulfonamides is 1. The average Bonchev–Trinajstić information content (AvgIpc) is 2.69. The number of carbonyl (C=O) groups excluding carboxylic acids is 1. The number of hydroxylamine groups is 1. The van der Waals surface area contributed by atoms with Gasteiger partial charge in [0.05, 0.1) is 0 Å². The topological polar surface area (TPSA) is 95.9 Å². The van der Waals surface area contributed by atoms with Crippen LogP contribution < -0.4 is 10.2 Å². The van der Waals surface area contributed by atoms with Gasteiger partial charge < -0.3 is 4.74 Å². The van der Waals surface area contributed by atoms with Crippen LogP contribution in [-0.2, 0) is 14.8 Å². The van der Waals surface area contributed by atoms with Crippen molar-refractivity contribution in [3.05, 3.63) is 54.3 Å². The fraction of sp³-hybridized carbons (Fsp3) is 0.235. The van der Waals surface area contributed by atoms with E-state index in [1.54, 1.807) is 12.1 Å². The summed E-state index contributed by atoms with van der Waals surface area (Å²) in [6, 6.07) is 10.2. The summed E-state index contributed by atoms with van der Waals surface area (Å²) in [6.07, 6.45) is 0. The van der Waals surface area contributed by atoms with Gasteiger partial charge in [0.15, 0.2) is 0 Å². The number of halogens is 1. The minimum absolute atomic E-state index is 0.0606. The van der Waals surface area contributed by atoms with Crippen LogP contribution in [0.1, 0.15) is 0 Å². The van der Waals surface area contributed by atoms with Gasteiger partial charge in [-0.15, -0.1) is 0 Å². The molecule has 2 N–H and O–H groups in total. The van der Waals surface area contributed by atoms with Gasteiger partial charge in [-0.3, -0.25) is 10.0 Å². The number of hydrogen-bond donors (Lipinski definition) is 2. The second kappa shape index (κ2) is 8.26. The summed E-state index contributed by atoms with van der Waals surface area (Å²) >= 11 is 1.43. The van der Waals surface area contributed by atoms with E-state index in [1.165, 1.54) is 53.6 Å². The zero-order chi connectivity index (χ0) is 19.4. The summed E-state index contributed by atoms with van der Waals surface area (Å²) in [5.41, 5.74) is 1.52. The van der Waals surface area contributed by atoms with Crippen LogP contribution in [0.3, 0.4) is 0 Å². The molecule has 0 spiro atoms. The summed E-state index contributed by atoms with van der Waals surface area (Å²) in [6.45, 7) is 0.121. The summed E-state index contributed by atoms with van der Waals surface area (Å²) < 4.78 is 46.2. The van der Waals surface area contributed by atoms with Crippen LogP contribution >= 0.6 is 11.8 Å². The Morgan fingerprint density at radius 2 is 1.93 bits per heavy atom. The molecule has 3 rings (SSSR count). The van der Waals surface area contributed by atoms with Gasteiger partial charge in [0.25, 0.3) is 5.91 Å². The number of amides is 1. The lowest BCUT2D eigenvalue weighted by molar-refractivity contribution is -0.132. The number of ether oxygens (including phenoxy) is 1. The zero-order valence-corrected chi connectivity index (χ0v) is 15.7. The zero-order valence-electron chi connectivity index (χ0n) is 14.0. The molecule has 2 aromatic rings. The lowest BCUT2D eigenvalue weighted by Gasteiger charge is -2.33. The third kappa shape index (κ3) is 4.24. The normalized spacial score (nSPS) is 18.1. The fourth-order valence-electron chi connectivity index (χ4n) is 2.66. The minimum Gasteiger partial charge on any atom is -0.456 e. The van der Waals surface area contributed by atoms with E-state index < -0.39 is 27.8 Å². The molecule has 1 atom stereocenters. The number of rotatable bonds is 5. The van der Waals surface area contributed by atoms with Gasteiger partial charge in [-0.05, 0) is 36.4 Å². The van der Waals surface area contributed by atoms with Gasteiger partial charge in [-0.2, -0.15) is 16.1 Å². The van der Waals surface area contributed by atoms with Crippen molar-refractivity contribution in [2.45, 2.75) is 10.9 Å². The molecule has 0 aliphatic carbocycles. The molecule has 0 radical (unpaired) electrons. The monoisotopic (exact) mass is 412 g/mol. The maximum absolute atomic E-state index is 13.2. The number of nitrogens with zero attached hydrogens (tertiary/aromatic N) is 1. The summed E-state index contributed by atoms with van der Waals surface area (Å²) in [5.74, 6) is -0.139. The Balaban J connectivity index is 1.96. The Labute approximate surface area is 160 Å². The van der Waals surface area contributed by atoms with E-state index in [1.807, 2.05) is 0 Å². The Morgan fingerprint density at radius 1 is 1.22 bits per heavy atom. The number of benzene rings is 2. The van der Waals surface area contributed by atoms with Gasteiger partial charge in [0.2, 0.25) is 10.0 Å². The highest BCUT2D eigenvalue weighted by Gasteiger charge is 2.39. The van der Waals surface area contributed by atoms with E-state index in [9.17, 15) is 17.6 Å². The Hall–Kier alpha value is -2.14. The molecule has 10 heteroatoms. The summed E-state index contributed by atoms with van der Waals surface area (Å²) in [7, 11) is -4.08. The third-order valence-electron chi connectivity index (χ3n) is 3.97. The Bertz CT molecular complexity index is 921. The first kappa shape index (κ1) is 19.6. The number of para-hydroxylation sites is 1. The maximum Gasteiger partial charge on any atom is 0.262 e. The van der Waals surface area contributed by atoms with Crippen molar-refractivity contribution in [3.8, 4) is 11.5 Å². The molecule has 2 aromatic carbocycles. The molecular formula is C17H17FN2O5S2. The van der Waals surface area contributed by atoms with Crippen molar-refractivity contribution < 1.29 is 27.5 Å². The standard InChI is InChI=1S/C17H17FN2O5S2/c18-12-5-7-13(8-6-12)25-15-3-1-2-4-16(15)27(23,24)20-9-10-26-11-14(20)17(21)19-22/h1-8,14,22H,9-11H2,(H,19,21). The van der Waals surface area contributed by atoms with Gasteiger partial charge in [-0.25, -0.2) is 18.3 Å². The first-order chi connectivity index (χ1) is 12.9. The highest BCUT2D eigenvalue weighted by atomic mass is 32.2. The smallest absolute Gasteiger partial charge is 0.262 e. The van der Waals surface area contributed by atoms with Crippen LogP contribution in [0.15, 0.2) is 53.4 Å². The largest absolute Gasteiger partial charge is 0.456 e. The minimum atomic E-state index is -4.08. The van der Waals surface area contributed by atoms with Gasteiger partial charge in [0, 0.05) is 18.1 Å². The van der Waals surface area contributed by atoms with Crippen LogP contribution in [0.5, 0.6) is 11.5 Å². The number of nitrogens with one attached hydrogen (secondary N) is 1. The van der Waals surface area contributed by atoms with Crippen LogP contribution in [0, 0.1) is 5.82 Å². The summed E-state index contributed by atoms with van der Waals surface area (Å²) in [4.78, 5) is 11.8. The van der Waals surface area contributed by atoms with Crippen molar-refractivity contribution in [1.29, 1.82) is 0 Å².